The van der Waals surface area contributed by atoms with Gasteiger partial charge in [-0.3, -0.25) is 4.90 Å². The van der Waals surface area contributed by atoms with E-state index in [1.165, 1.54) is 19.3 Å². The fourth-order valence-electron chi connectivity index (χ4n) is 3.65. The van der Waals surface area contributed by atoms with Gasteiger partial charge in [-0.1, -0.05) is 24.1 Å². The molecule has 1 aliphatic heterocycles. The molecule has 2 aromatic heterocycles. The van der Waals surface area contributed by atoms with Crippen LogP contribution in [0.4, 0.5) is 5.88 Å². The Morgan fingerprint density at radius 1 is 1.18 bits per heavy atom. The summed E-state index contributed by atoms with van der Waals surface area (Å²) in [5.41, 5.74) is 2.29. The topological polar surface area (TPSA) is 78.2 Å². The highest BCUT2D eigenvalue weighted by Gasteiger charge is 2.25. The lowest BCUT2D eigenvalue weighted by molar-refractivity contribution is 0.152. The van der Waals surface area contributed by atoms with E-state index in [1.54, 1.807) is 6.26 Å². The van der Waals surface area contributed by atoms with Crippen molar-refractivity contribution >= 4 is 5.88 Å². The Morgan fingerprint density at radius 3 is 2.64 bits per heavy atom. The molecule has 3 heterocycles. The predicted molar refractivity (Wildman–Crippen MR) is 107 cm³/mol. The van der Waals surface area contributed by atoms with Crippen LogP contribution < -0.4 is 5.32 Å². The molecule has 3 aromatic rings. The van der Waals surface area contributed by atoms with Crippen molar-refractivity contribution in [1.29, 1.82) is 5.26 Å². The molecule has 1 aromatic carbocycles. The highest BCUT2D eigenvalue weighted by Crippen LogP contribution is 2.29. The largest absolute Gasteiger partial charge is 0.468 e. The van der Waals surface area contributed by atoms with E-state index in [1.807, 2.05) is 43.3 Å². The van der Waals surface area contributed by atoms with Gasteiger partial charge in [-0.2, -0.15) is 10.2 Å². The van der Waals surface area contributed by atoms with Crippen LogP contribution in [0.3, 0.4) is 0 Å². The number of hydrogen-bond donors (Lipinski definition) is 1. The lowest BCUT2D eigenvalue weighted by Gasteiger charge is -2.33. The van der Waals surface area contributed by atoms with Crippen LogP contribution >= 0.6 is 0 Å². The Hall–Kier alpha value is -3.04. The van der Waals surface area contributed by atoms with E-state index in [4.69, 9.17) is 8.83 Å². The zero-order chi connectivity index (χ0) is 19.3. The maximum Gasteiger partial charge on any atom is 0.232 e. The first-order valence-electron chi connectivity index (χ1n) is 9.74. The lowest BCUT2D eigenvalue weighted by Crippen LogP contribution is -2.37. The summed E-state index contributed by atoms with van der Waals surface area (Å²) in [5, 5.41) is 12.8. The number of benzene rings is 1. The third-order valence-corrected chi connectivity index (χ3v) is 5.19. The fraction of sp³-hybridized carbons (Fsp3) is 0.364. The van der Waals surface area contributed by atoms with Crippen LogP contribution in [0, 0.1) is 18.3 Å². The Labute approximate surface area is 164 Å². The summed E-state index contributed by atoms with van der Waals surface area (Å²) in [4.78, 5) is 6.78. The van der Waals surface area contributed by atoms with Gasteiger partial charge < -0.3 is 14.2 Å². The molecule has 0 amide bonds. The van der Waals surface area contributed by atoms with Gasteiger partial charge in [-0.25, -0.2) is 0 Å². The van der Waals surface area contributed by atoms with Gasteiger partial charge in [0, 0.05) is 12.1 Å². The summed E-state index contributed by atoms with van der Waals surface area (Å²) < 4.78 is 11.6. The smallest absolute Gasteiger partial charge is 0.232 e. The van der Waals surface area contributed by atoms with Crippen molar-refractivity contribution in [2.75, 3.05) is 25.0 Å². The normalized spacial score (nSPS) is 15.9. The predicted octanol–water partition coefficient (Wildman–Crippen LogP) is 4.75. The van der Waals surface area contributed by atoms with Crippen molar-refractivity contribution in [3.05, 3.63) is 59.7 Å². The monoisotopic (exact) mass is 376 g/mol. The quantitative estimate of drug-likeness (QED) is 0.669. The molecule has 1 unspecified atom stereocenters. The number of aryl methyl sites for hydroxylation is 1. The number of piperidine rings is 1. The van der Waals surface area contributed by atoms with Gasteiger partial charge in [0.05, 0.1) is 12.3 Å². The summed E-state index contributed by atoms with van der Waals surface area (Å²) in [5.74, 6) is 1.78. The van der Waals surface area contributed by atoms with Gasteiger partial charge in [0.1, 0.15) is 11.8 Å². The van der Waals surface area contributed by atoms with E-state index in [9.17, 15) is 5.26 Å². The van der Waals surface area contributed by atoms with Gasteiger partial charge in [-0.05, 0) is 57.1 Å². The van der Waals surface area contributed by atoms with Crippen molar-refractivity contribution in [3.8, 4) is 17.5 Å². The van der Waals surface area contributed by atoms with E-state index in [0.717, 1.165) is 30.0 Å². The molecule has 0 spiro atoms. The van der Waals surface area contributed by atoms with Crippen LogP contribution in [0.2, 0.25) is 0 Å². The van der Waals surface area contributed by atoms with E-state index < -0.39 is 0 Å². The number of nitrogens with zero attached hydrogens (tertiary/aromatic N) is 3. The fourth-order valence-corrected chi connectivity index (χ4v) is 3.65. The third kappa shape index (κ3) is 3.95. The highest BCUT2D eigenvalue weighted by atomic mass is 16.4. The molecule has 0 radical (unpaired) electrons. The maximum absolute atomic E-state index is 9.48. The highest BCUT2D eigenvalue weighted by molar-refractivity contribution is 5.59. The number of furan rings is 1. The molecular weight excluding hydrogens is 352 g/mol. The van der Waals surface area contributed by atoms with Crippen LogP contribution in [-0.4, -0.2) is 29.5 Å². The number of nitrogens with one attached hydrogen (secondary N) is 1. The average molecular weight is 376 g/mol. The molecule has 0 saturated carbocycles. The third-order valence-electron chi connectivity index (χ3n) is 5.19. The lowest BCUT2D eigenvalue weighted by atomic mass is 10.1. The molecule has 6 heteroatoms. The van der Waals surface area contributed by atoms with Gasteiger partial charge in [0.15, 0.2) is 0 Å². The summed E-state index contributed by atoms with van der Waals surface area (Å²) in [6.45, 7) is 4.71. The zero-order valence-corrected chi connectivity index (χ0v) is 16.0. The number of oxazole rings is 1. The summed E-state index contributed by atoms with van der Waals surface area (Å²) in [6, 6.07) is 14.0. The first-order chi connectivity index (χ1) is 13.7. The molecule has 0 bridgehead atoms. The van der Waals surface area contributed by atoms with Crippen LogP contribution in [0.25, 0.3) is 11.5 Å². The van der Waals surface area contributed by atoms with Crippen LogP contribution in [0.15, 0.2) is 51.5 Å². The SMILES string of the molecule is Cc1ccc(-c2nc(C#N)c(NCC(c3ccco3)N3CCCCC3)o2)cc1. The molecule has 28 heavy (non-hydrogen) atoms. The Balaban J connectivity index is 1.54. The van der Waals surface area contributed by atoms with Crippen LogP contribution in [-0.2, 0) is 0 Å². The van der Waals surface area contributed by atoms with E-state index >= 15 is 0 Å². The molecule has 144 valence electrons. The maximum atomic E-state index is 9.48. The van der Waals surface area contributed by atoms with E-state index in [0.29, 0.717) is 18.3 Å². The van der Waals surface area contributed by atoms with Crippen LogP contribution in [0.1, 0.15) is 42.3 Å². The van der Waals surface area contributed by atoms with Gasteiger partial charge in [0.25, 0.3) is 0 Å². The Kier molecular flexibility index (Phi) is 5.45. The molecule has 1 fully saturated rings. The number of nitriles is 1. The van der Waals surface area contributed by atoms with Crippen molar-refractivity contribution in [3.63, 3.8) is 0 Å². The zero-order valence-electron chi connectivity index (χ0n) is 16.0. The second-order valence-electron chi connectivity index (χ2n) is 7.18. The first kappa shape index (κ1) is 18.3. The molecule has 4 rings (SSSR count). The standard InChI is InChI=1S/C22H24N4O2/c1-16-7-9-17(10-8-16)21-25-18(14-23)22(28-21)24-15-19(20-6-5-13-27-20)26-11-3-2-4-12-26/h5-10,13,19,24H,2-4,11-12,15H2,1H3. The van der Waals surface area contributed by atoms with E-state index in [2.05, 4.69) is 21.3 Å². The van der Waals surface area contributed by atoms with Crippen LogP contribution in [0.5, 0.6) is 0 Å². The Morgan fingerprint density at radius 2 is 1.96 bits per heavy atom. The number of aromatic nitrogens is 1. The summed E-state index contributed by atoms with van der Waals surface area (Å²) in [6.07, 6.45) is 5.37. The van der Waals surface area contributed by atoms with E-state index in [-0.39, 0.29) is 11.7 Å². The van der Waals surface area contributed by atoms with Crippen molar-refractivity contribution in [2.24, 2.45) is 0 Å². The number of rotatable bonds is 6. The van der Waals surface area contributed by atoms with Gasteiger partial charge in [-0.15, -0.1) is 0 Å². The molecule has 0 aliphatic carbocycles. The second-order valence-corrected chi connectivity index (χ2v) is 7.18. The number of likely N-dealkylation sites (tertiary alicyclic amines) is 1. The molecule has 6 nitrogen and oxygen atoms in total. The molecule has 1 atom stereocenters. The number of hydrogen-bond acceptors (Lipinski definition) is 6. The van der Waals surface area contributed by atoms with Gasteiger partial charge in [0.2, 0.25) is 17.5 Å². The molecule has 1 N–H and O–H groups in total. The van der Waals surface area contributed by atoms with Crippen molar-refractivity contribution in [2.45, 2.75) is 32.2 Å². The minimum atomic E-state index is 0.0924. The van der Waals surface area contributed by atoms with Gasteiger partial charge >= 0.3 is 0 Å². The molecule has 1 saturated heterocycles. The first-order valence-corrected chi connectivity index (χ1v) is 9.74. The molecular formula is C22H24N4O2. The number of anilines is 1. The summed E-state index contributed by atoms with van der Waals surface area (Å²) in [7, 11) is 0. The minimum Gasteiger partial charge on any atom is -0.468 e. The summed E-state index contributed by atoms with van der Waals surface area (Å²) >= 11 is 0. The van der Waals surface area contributed by atoms with Crippen molar-refractivity contribution in [1.82, 2.24) is 9.88 Å². The Bertz CT molecular complexity index is 932. The van der Waals surface area contributed by atoms with Crippen molar-refractivity contribution < 1.29 is 8.83 Å². The minimum absolute atomic E-state index is 0.0924. The second kappa shape index (κ2) is 8.32. The average Bonchev–Trinajstić information content (AvgIpc) is 3.40. The molecule has 1 aliphatic rings.